The third-order valence-electron chi connectivity index (χ3n) is 4.96. The molecule has 8 nitrogen and oxygen atoms in total. The van der Waals surface area contributed by atoms with Gasteiger partial charge < -0.3 is 14.6 Å². The van der Waals surface area contributed by atoms with Gasteiger partial charge in [-0.15, -0.1) is 11.3 Å². The van der Waals surface area contributed by atoms with Gasteiger partial charge in [-0.05, 0) is 36.1 Å². The third kappa shape index (κ3) is 4.11. The van der Waals surface area contributed by atoms with Gasteiger partial charge in [0, 0.05) is 37.3 Å². The lowest BCUT2D eigenvalue weighted by molar-refractivity contribution is -0.117. The molecule has 1 fully saturated rings. The second-order valence-corrected chi connectivity index (χ2v) is 9.52. The first kappa shape index (κ1) is 20.6. The third-order valence-corrected chi connectivity index (χ3v) is 7.32. The van der Waals surface area contributed by atoms with Crippen molar-refractivity contribution in [2.75, 3.05) is 25.1 Å². The maximum absolute atomic E-state index is 13.0. The van der Waals surface area contributed by atoms with Gasteiger partial charge in [-0.25, -0.2) is 18.1 Å². The van der Waals surface area contributed by atoms with E-state index in [4.69, 9.17) is 4.74 Å². The van der Waals surface area contributed by atoms with E-state index in [1.807, 2.05) is 17.5 Å². The molecule has 30 heavy (non-hydrogen) atoms. The molecule has 0 spiro atoms. The first-order chi connectivity index (χ1) is 14.5. The second kappa shape index (κ2) is 8.58. The largest absolute Gasteiger partial charge is 0.495 e. The fourth-order valence-corrected chi connectivity index (χ4v) is 5.46. The Morgan fingerprint density at radius 2 is 2.20 bits per heavy atom. The molecule has 0 bridgehead atoms. The lowest BCUT2D eigenvalue weighted by Crippen LogP contribution is -2.28. The average molecular weight is 447 g/mol. The number of hydrogen-bond acceptors (Lipinski definition) is 6. The molecule has 0 aliphatic carbocycles. The number of aromatic amines is 1. The molecule has 1 amide bonds. The normalized spacial score (nSPS) is 14.4. The van der Waals surface area contributed by atoms with Crippen molar-refractivity contribution in [3.05, 3.63) is 47.7 Å². The number of nitrogens with zero attached hydrogens (tertiary/aromatic N) is 2. The number of carbonyl (C=O) groups is 1. The minimum Gasteiger partial charge on any atom is -0.495 e. The SMILES string of the molecule is COc1ccc(N2CCCC2=O)cc1S(=O)(=O)NCCc1[nH]cnc1-c1cccs1. The molecule has 10 heteroatoms. The van der Waals surface area contributed by atoms with Crippen LogP contribution >= 0.6 is 11.3 Å². The lowest BCUT2D eigenvalue weighted by Gasteiger charge is -2.18. The van der Waals surface area contributed by atoms with Gasteiger partial charge in [0.15, 0.2) is 0 Å². The highest BCUT2D eigenvalue weighted by atomic mass is 32.2. The van der Waals surface area contributed by atoms with E-state index in [0.29, 0.717) is 25.1 Å². The highest BCUT2D eigenvalue weighted by molar-refractivity contribution is 7.89. The summed E-state index contributed by atoms with van der Waals surface area (Å²) < 4.78 is 33.9. The summed E-state index contributed by atoms with van der Waals surface area (Å²) in [6.07, 6.45) is 3.31. The number of carbonyl (C=O) groups excluding carboxylic acids is 1. The Morgan fingerprint density at radius 3 is 2.90 bits per heavy atom. The Kier molecular flexibility index (Phi) is 5.89. The van der Waals surface area contributed by atoms with Gasteiger partial charge in [-0.1, -0.05) is 6.07 Å². The van der Waals surface area contributed by atoms with Crippen molar-refractivity contribution in [3.8, 4) is 16.3 Å². The maximum atomic E-state index is 13.0. The van der Waals surface area contributed by atoms with Crippen LogP contribution in [0.25, 0.3) is 10.6 Å². The molecule has 0 radical (unpaired) electrons. The number of thiophene rings is 1. The van der Waals surface area contributed by atoms with Crippen molar-refractivity contribution >= 4 is 33.0 Å². The van der Waals surface area contributed by atoms with E-state index in [1.165, 1.54) is 13.2 Å². The van der Waals surface area contributed by atoms with Gasteiger partial charge >= 0.3 is 0 Å². The van der Waals surface area contributed by atoms with Crippen LogP contribution in [0.15, 0.2) is 46.9 Å². The second-order valence-electron chi connectivity index (χ2n) is 6.84. The van der Waals surface area contributed by atoms with Crippen molar-refractivity contribution in [2.24, 2.45) is 0 Å². The highest BCUT2D eigenvalue weighted by Gasteiger charge is 2.26. The van der Waals surface area contributed by atoms with Crippen LogP contribution in [0, 0.1) is 0 Å². The van der Waals surface area contributed by atoms with Crippen LogP contribution in [0.4, 0.5) is 5.69 Å². The molecular formula is C20H22N4O4S2. The van der Waals surface area contributed by atoms with Crippen LogP contribution in [0.2, 0.25) is 0 Å². The van der Waals surface area contributed by atoms with E-state index in [0.717, 1.165) is 22.7 Å². The highest BCUT2D eigenvalue weighted by Crippen LogP contribution is 2.31. The molecule has 3 heterocycles. The molecule has 1 aliphatic heterocycles. The Labute approximate surface area is 179 Å². The number of ether oxygens (including phenoxy) is 1. The molecular weight excluding hydrogens is 424 g/mol. The number of methoxy groups -OCH3 is 1. The number of H-pyrrole nitrogens is 1. The molecule has 0 saturated carbocycles. The predicted octanol–water partition coefficient (Wildman–Crippen LogP) is 2.79. The Morgan fingerprint density at radius 1 is 1.33 bits per heavy atom. The van der Waals surface area contributed by atoms with Crippen molar-refractivity contribution in [1.82, 2.24) is 14.7 Å². The van der Waals surface area contributed by atoms with Crippen LogP contribution in [0.1, 0.15) is 18.5 Å². The number of imidazole rings is 1. The molecule has 0 atom stereocenters. The molecule has 2 aromatic heterocycles. The molecule has 158 valence electrons. The Bertz CT molecular complexity index is 1140. The maximum Gasteiger partial charge on any atom is 0.244 e. The number of amides is 1. The van der Waals surface area contributed by atoms with E-state index in [9.17, 15) is 13.2 Å². The fraction of sp³-hybridized carbons (Fsp3) is 0.300. The van der Waals surface area contributed by atoms with Gasteiger partial charge in [0.25, 0.3) is 0 Å². The average Bonchev–Trinajstić information content (AvgIpc) is 3.49. The quantitative estimate of drug-likeness (QED) is 0.554. The summed E-state index contributed by atoms with van der Waals surface area (Å²) in [7, 11) is -2.41. The number of anilines is 1. The molecule has 1 saturated heterocycles. The van der Waals surface area contributed by atoms with Gasteiger partial charge in [0.05, 0.1) is 18.3 Å². The standard InChI is InChI=1S/C20H22N4O4S2/c1-28-16-7-6-14(24-10-2-5-19(24)25)12-18(16)30(26,27)23-9-8-15-20(22-13-21-15)17-4-3-11-29-17/h3-4,6-7,11-13,23H,2,5,8-10H2,1H3,(H,21,22). The van der Waals surface area contributed by atoms with Crippen molar-refractivity contribution in [2.45, 2.75) is 24.2 Å². The summed E-state index contributed by atoms with van der Waals surface area (Å²) in [6.45, 7) is 0.780. The van der Waals surface area contributed by atoms with Crippen molar-refractivity contribution in [1.29, 1.82) is 0 Å². The zero-order chi connectivity index (χ0) is 21.1. The van der Waals surface area contributed by atoms with Crippen molar-refractivity contribution in [3.63, 3.8) is 0 Å². The topological polar surface area (TPSA) is 104 Å². The predicted molar refractivity (Wildman–Crippen MR) is 115 cm³/mol. The van der Waals surface area contributed by atoms with Gasteiger partial charge in [-0.2, -0.15) is 0 Å². The van der Waals surface area contributed by atoms with E-state index in [-0.39, 0.29) is 23.1 Å². The Hall–Kier alpha value is -2.69. The molecule has 4 rings (SSSR count). The summed E-state index contributed by atoms with van der Waals surface area (Å²) in [4.78, 5) is 22.1. The fourth-order valence-electron chi connectivity index (χ4n) is 3.49. The van der Waals surface area contributed by atoms with E-state index in [1.54, 1.807) is 34.7 Å². The van der Waals surface area contributed by atoms with Gasteiger partial charge in [0.1, 0.15) is 16.3 Å². The van der Waals surface area contributed by atoms with E-state index in [2.05, 4.69) is 14.7 Å². The molecule has 1 aliphatic rings. The summed E-state index contributed by atoms with van der Waals surface area (Å²) >= 11 is 1.58. The zero-order valence-electron chi connectivity index (χ0n) is 16.4. The lowest BCUT2D eigenvalue weighted by atomic mass is 10.2. The van der Waals surface area contributed by atoms with Crippen LogP contribution in [-0.2, 0) is 21.2 Å². The number of hydrogen-bond donors (Lipinski definition) is 2. The summed E-state index contributed by atoms with van der Waals surface area (Å²) in [6, 6.07) is 8.71. The summed E-state index contributed by atoms with van der Waals surface area (Å²) in [5.41, 5.74) is 2.26. The first-order valence-corrected chi connectivity index (χ1v) is 11.9. The number of nitrogens with one attached hydrogen (secondary N) is 2. The monoisotopic (exact) mass is 446 g/mol. The van der Waals surface area contributed by atoms with Crippen LogP contribution in [0.5, 0.6) is 5.75 Å². The van der Waals surface area contributed by atoms with E-state index >= 15 is 0 Å². The summed E-state index contributed by atoms with van der Waals surface area (Å²) in [5.74, 6) is 0.232. The smallest absolute Gasteiger partial charge is 0.244 e. The number of benzene rings is 1. The zero-order valence-corrected chi connectivity index (χ0v) is 18.1. The van der Waals surface area contributed by atoms with Crippen LogP contribution < -0.4 is 14.4 Å². The van der Waals surface area contributed by atoms with E-state index < -0.39 is 10.0 Å². The van der Waals surface area contributed by atoms with Crippen molar-refractivity contribution < 1.29 is 17.9 Å². The molecule has 0 unspecified atom stereocenters. The van der Waals surface area contributed by atoms with Gasteiger partial charge in [-0.3, -0.25) is 4.79 Å². The van der Waals surface area contributed by atoms with Crippen LogP contribution in [-0.4, -0.2) is 44.5 Å². The minimum absolute atomic E-state index is 0.00294. The molecule has 2 N–H and O–H groups in total. The number of rotatable bonds is 8. The minimum atomic E-state index is -3.84. The number of sulfonamides is 1. The molecule has 3 aromatic rings. The van der Waals surface area contributed by atoms with Gasteiger partial charge in [0.2, 0.25) is 15.9 Å². The summed E-state index contributed by atoms with van der Waals surface area (Å²) in [5, 5.41) is 1.97. The Balaban J connectivity index is 1.51. The first-order valence-electron chi connectivity index (χ1n) is 9.54. The number of aromatic nitrogens is 2. The molecule has 1 aromatic carbocycles. The van der Waals surface area contributed by atoms with Crippen LogP contribution in [0.3, 0.4) is 0 Å².